The number of hydrogen-bond acceptors (Lipinski definition) is 4. The van der Waals surface area contributed by atoms with E-state index in [1.807, 2.05) is 30.3 Å². The number of nitrogens with zero attached hydrogens (tertiary/aromatic N) is 1. The first-order valence-corrected chi connectivity index (χ1v) is 8.95. The van der Waals surface area contributed by atoms with E-state index in [0.717, 1.165) is 36.3 Å². The van der Waals surface area contributed by atoms with Gasteiger partial charge in [0.05, 0.1) is 11.6 Å². The van der Waals surface area contributed by atoms with Crippen LogP contribution in [0.3, 0.4) is 0 Å². The van der Waals surface area contributed by atoms with E-state index >= 15 is 0 Å². The second-order valence-corrected chi connectivity index (χ2v) is 6.82. The fourth-order valence-electron chi connectivity index (χ4n) is 3.50. The molecule has 1 N–H and O–H groups in total. The summed E-state index contributed by atoms with van der Waals surface area (Å²) in [7, 11) is 0. The van der Waals surface area contributed by atoms with E-state index in [9.17, 15) is 14.9 Å². The Bertz CT molecular complexity index is 863. The summed E-state index contributed by atoms with van der Waals surface area (Å²) in [5.41, 5.74) is -0.375. The van der Waals surface area contributed by atoms with Crippen LogP contribution in [0.1, 0.15) is 49.4 Å². The van der Waals surface area contributed by atoms with Crippen molar-refractivity contribution in [1.29, 1.82) is 5.26 Å². The third kappa shape index (κ3) is 3.55. The number of nitriles is 1. The van der Waals surface area contributed by atoms with Crippen molar-refractivity contribution in [3.05, 3.63) is 42.0 Å². The number of hydrogen-bond donors (Lipinski definition) is 1. The van der Waals surface area contributed by atoms with E-state index in [2.05, 4.69) is 11.4 Å². The molecule has 0 aliphatic heterocycles. The van der Waals surface area contributed by atoms with Gasteiger partial charge in [-0.1, -0.05) is 49.6 Å². The maximum atomic E-state index is 12.6. The van der Waals surface area contributed by atoms with Gasteiger partial charge in [-0.3, -0.25) is 9.59 Å². The summed E-state index contributed by atoms with van der Waals surface area (Å²) in [6.07, 6.45) is 4.23. The molecule has 5 heteroatoms. The molecule has 26 heavy (non-hydrogen) atoms. The number of amides is 1. The number of fused-ring (bicyclic) bond motifs is 1. The van der Waals surface area contributed by atoms with Crippen LogP contribution in [-0.2, 0) is 4.79 Å². The zero-order chi connectivity index (χ0) is 18.6. The van der Waals surface area contributed by atoms with Crippen molar-refractivity contribution in [3.8, 4) is 11.8 Å². The second kappa shape index (κ2) is 7.57. The van der Waals surface area contributed by atoms with Crippen LogP contribution in [0.5, 0.6) is 5.75 Å². The molecule has 0 saturated heterocycles. The number of rotatable bonds is 5. The van der Waals surface area contributed by atoms with Crippen LogP contribution < -0.4 is 10.1 Å². The van der Waals surface area contributed by atoms with Crippen molar-refractivity contribution in [2.45, 2.75) is 50.7 Å². The molecule has 2 aromatic carbocycles. The highest BCUT2D eigenvalue weighted by molar-refractivity contribution is 6.01. The summed E-state index contributed by atoms with van der Waals surface area (Å²) < 4.78 is 5.78. The van der Waals surface area contributed by atoms with Gasteiger partial charge < -0.3 is 10.1 Å². The molecular weight excluding hydrogens is 328 g/mol. The third-order valence-corrected chi connectivity index (χ3v) is 5.01. The summed E-state index contributed by atoms with van der Waals surface area (Å²) >= 11 is 0. The molecule has 1 amide bonds. The van der Waals surface area contributed by atoms with Crippen molar-refractivity contribution < 1.29 is 14.3 Å². The van der Waals surface area contributed by atoms with E-state index in [1.165, 1.54) is 0 Å². The van der Waals surface area contributed by atoms with Crippen LogP contribution in [-0.4, -0.2) is 23.8 Å². The SMILES string of the molecule is C[C@@H](Oc1ccc2ccccc2c1C=O)C(=O)NC1(C#N)CCCCC1. The van der Waals surface area contributed by atoms with Crippen LogP contribution in [0.4, 0.5) is 0 Å². The predicted molar refractivity (Wildman–Crippen MR) is 99.0 cm³/mol. The highest BCUT2D eigenvalue weighted by atomic mass is 16.5. The Kier molecular flexibility index (Phi) is 5.22. The molecule has 5 nitrogen and oxygen atoms in total. The Morgan fingerprint density at radius 3 is 2.65 bits per heavy atom. The minimum atomic E-state index is -0.804. The number of carbonyl (C=O) groups is 2. The van der Waals surface area contributed by atoms with Gasteiger partial charge in [0.25, 0.3) is 5.91 Å². The second-order valence-electron chi connectivity index (χ2n) is 6.82. The number of nitrogens with one attached hydrogen (secondary N) is 1. The van der Waals surface area contributed by atoms with Crippen LogP contribution in [0.15, 0.2) is 36.4 Å². The van der Waals surface area contributed by atoms with Crippen molar-refractivity contribution in [3.63, 3.8) is 0 Å². The minimum Gasteiger partial charge on any atom is -0.480 e. The molecule has 2 aromatic rings. The van der Waals surface area contributed by atoms with Gasteiger partial charge in [0.15, 0.2) is 12.4 Å². The molecule has 0 heterocycles. The largest absolute Gasteiger partial charge is 0.480 e. The van der Waals surface area contributed by atoms with Crippen molar-refractivity contribution in [2.24, 2.45) is 0 Å². The predicted octanol–water partition coefficient (Wildman–Crippen LogP) is 3.76. The molecule has 1 aliphatic rings. The Hall–Kier alpha value is -2.87. The van der Waals surface area contributed by atoms with Crippen molar-refractivity contribution in [1.82, 2.24) is 5.32 Å². The van der Waals surface area contributed by atoms with Gasteiger partial charge in [-0.2, -0.15) is 5.26 Å². The van der Waals surface area contributed by atoms with E-state index in [0.29, 0.717) is 24.2 Å². The highest BCUT2D eigenvalue weighted by Gasteiger charge is 2.35. The van der Waals surface area contributed by atoms with Crippen molar-refractivity contribution >= 4 is 23.0 Å². The number of aldehydes is 1. The van der Waals surface area contributed by atoms with Gasteiger partial charge in [0, 0.05) is 0 Å². The van der Waals surface area contributed by atoms with E-state index in [4.69, 9.17) is 4.74 Å². The van der Waals surface area contributed by atoms with E-state index in [1.54, 1.807) is 13.0 Å². The molecular formula is C21H22N2O3. The van der Waals surface area contributed by atoms with Crippen molar-refractivity contribution in [2.75, 3.05) is 0 Å². The fraction of sp³-hybridized carbons (Fsp3) is 0.381. The van der Waals surface area contributed by atoms with Gasteiger partial charge in [-0.05, 0) is 36.6 Å². The molecule has 0 unspecified atom stereocenters. The summed E-state index contributed by atoms with van der Waals surface area (Å²) in [5, 5.41) is 14.1. The van der Waals surface area contributed by atoms with Crippen LogP contribution >= 0.6 is 0 Å². The zero-order valence-electron chi connectivity index (χ0n) is 14.8. The lowest BCUT2D eigenvalue weighted by Crippen LogP contribution is -2.52. The lowest BCUT2D eigenvalue weighted by molar-refractivity contribution is -0.129. The number of benzene rings is 2. The van der Waals surface area contributed by atoms with Gasteiger partial charge >= 0.3 is 0 Å². The van der Waals surface area contributed by atoms with E-state index < -0.39 is 11.6 Å². The summed E-state index contributed by atoms with van der Waals surface area (Å²) in [5.74, 6) is 0.0365. The van der Waals surface area contributed by atoms with Crippen LogP contribution in [0.2, 0.25) is 0 Å². The van der Waals surface area contributed by atoms with Crippen LogP contribution in [0.25, 0.3) is 10.8 Å². The highest BCUT2D eigenvalue weighted by Crippen LogP contribution is 2.29. The molecule has 134 valence electrons. The first-order chi connectivity index (χ1) is 12.6. The lowest BCUT2D eigenvalue weighted by Gasteiger charge is -2.32. The number of ether oxygens (including phenoxy) is 1. The maximum absolute atomic E-state index is 12.6. The smallest absolute Gasteiger partial charge is 0.262 e. The Morgan fingerprint density at radius 2 is 1.96 bits per heavy atom. The monoisotopic (exact) mass is 350 g/mol. The zero-order valence-corrected chi connectivity index (χ0v) is 14.8. The summed E-state index contributed by atoms with van der Waals surface area (Å²) in [6, 6.07) is 13.4. The Morgan fingerprint density at radius 1 is 1.23 bits per heavy atom. The Labute approximate surface area is 153 Å². The topological polar surface area (TPSA) is 79.2 Å². The molecule has 0 bridgehead atoms. The summed E-state index contributed by atoms with van der Waals surface area (Å²) in [4.78, 5) is 24.2. The van der Waals surface area contributed by atoms with Gasteiger partial charge in [-0.25, -0.2) is 0 Å². The Balaban J connectivity index is 1.78. The molecule has 0 aromatic heterocycles. The molecule has 0 spiro atoms. The summed E-state index contributed by atoms with van der Waals surface area (Å²) in [6.45, 7) is 1.63. The lowest BCUT2D eigenvalue weighted by atomic mass is 9.83. The normalized spacial score (nSPS) is 17.1. The van der Waals surface area contributed by atoms with Gasteiger partial charge in [-0.15, -0.1) is 0 Å². The quantitative estimate of drug-likeness (QED) is 0.833. The van der Waals surface area contributed by atoms with E-state index in [-0.39, 0.29) is 5.91 Å². The molecule has 1 aliphatic carbocycles. The molecule has 3 rings (SSSR count). The number of carbonyl (C=O) groups excluding carboxylic acids is 2. The average molecular weight is 350 g/mol. The fourth-order valence-corrected chi connectivity index (χ4v) is 3.50. The third-order valence-electron chi connectivity index (χ3n) is 5.01. The van der Waals surface area contributed by atoms with Crippen LogP contribution in [0, 0.1) is 11.3 Å². The first kappa shape index (κ1) is 17.9. The standard InChI is InChI=1S/C21H22N2O3/c1-15(20(25)23-21(14-22)11-5-2-6-12-21)26-19-10-9-16-7-3-4-8-17(16)18(19)13-24/h3-4,7-10,13,15H,2,5-6,11-12H2,1H3,(H,23,25)/t15-/m1/s1. The molecule has 1 atom stereocenters. The first-order valence-electron chi connectivity index (χ1n) is 8.95. The average Bonchev–Trinajstić information content (AvgIpc) is 2.68. The maximum Gasteiger partial charge on any atom is 0.262 e. The van der Waals surface area contributed by atoms with Gasteiger partial charge in [0.1, 0.15) is 11.3 Å². The van der Waals surface area contributed by atoms with Gasteiger partial charge in [0.2, 0.25) is 0 Å². The minimum absolute atomic E-state index is 0.335. The molecule has 1 saturated carbocycles. The molecule has 1 fully saturated rings. The molecule has 0 radical (unpaired) electrons.